The Hall–Kier alpha value is 0.824. The second-order valence-corrected chi connectivity index (χ2v) is 20.3. The van der Waals surface area contributed by atoms with Gasteiger partial charge in [0.05, 0.1) is 0 Å². The van der Waals surface area contributed by atoms with Crippen molar-refractivity contribution in [1.82, 2.24) is 0 Å². The molecular formula is C16H37BNSn. The van der Waals surface area contributed by atoms with Gasteiger partial charge in [-0.15, -0.1) is 0 Å². The summed E-state index contributed by atoms with van der Waals surface area (Å²) in [5.74, 6) is 0. The van der Waals surface area contributed by atoms with Crippen molar-refractivity contribution in [3.63, 3.8) is 0 Å². The fourth-order valence-electron chi connectivity index (χ4n) is 3.05. The minimum absolute atomic E-state index is 0. The largest absolute Gasteiger partial charge is 0 e. The van der Waals surface area contributed by atoms with Crippen molar-refractivity contribution >= 4 is 26.8 Å². The van der Waals surface area contributed by atoms with E-state index in [2.05, 4.69) is 20.8 Å². The van der Waals surface area contributed by atoms with Gasteiger partial charge in [0, 0.05) is 8.41 Å². The van der Waals surface area contributed by atoms with Crippen LogP contribution in [0.5, 0.6) is 0 Å². The molecule has 19 heavy (non-hydrogen) atoms. The molecule has 0 heterocycles. The van der Waals surface area contributed by atoms with E-state index in [0.29, 0.717) is 0 Å². The van der Waals surface area contributed by atoms with Gasteiger partial charge in [-0.3, -0.25) is 0 Å². The molecule has 3 radical (unpaired) electrons. The Morgan fingerprint density at radius 3 is 1.32 bits per heavy atom. The maximum absolute atomic E-state index is 5.68. The molecule has 0 saturated carbocycles. The van der Waals surface area contributed by atoms with Crippen LogP contribution in [0.3, 0.4) is 0 Å². The summed E-state index contributed by atoms with van der Waals surface area (Å²) >= 11 is -1.77. The Balaban J connectivity index is 0. The molecule has 2 N–H and O–H groups in total. The summed E-state index contributed by atoms with van der Waals surface area (Å²) < 4.78 is 6.62. The van der Waals surface area contributed by atoms with E-state index < -0.39 is 18.4 Å². The molecule has 0 unspecified atom stereocenters. The molecule has 1 nitrogen and oxygen atoms in total. The first-order valence-electron chi connectivity index (χ1n) is 8.44. The molecule has 3 heteroatoms. The molecule has 0 fully saturated rings. The Morgan fingerprint density at radius 1 is 0.632 bits per heavy atom. The van der Waals surface area contributed by atoms with Gasteiger partial charge in [-0.05, 0) is 0 Å². The molecular weight excluding hydrogens is 336 g/mol. The van der Waals surface area contributed by atoms with Crippen LogP contribution >= 0.6 is 0 Å². The van der Waals surface area contributed by atoms with Crippen LogP contribution in [0.1, 0.15) is 72.1 Å². The number of hydrogen-bond donors (Lipinski definition) is 1. The molecule has 0 aliphatic heterocycles. The van der Waals surface area contributed by atoms with Crippen LogP contribution in [0, 0.1) is 0 Å². The standard InChI is InChI=1S/C4H10N.3C4H9.B.Sn/c1-2-3-4-5;3*1-3-4-2;;/h1-5H2;3*1,3-4H2,2H3;;. The average molecular weight is 373 g/mol. The zero-order valence-corrected chi connectivity index (χ0v) is 16.7. The van der Waals surface area contributed by atoms with E-state index in [4.69, 9.17) is 5.73 Å². The molecule has 0 aliphatic rings. The van der Waals surface area contributed by atoms with Gasteiger partial charge in [-0.25, -0.2) is 0 Å². The molecule has 0 aliphatic carbocycles. The van der Waals surface area contributed by atoms with Gasteiger partial charge in [-0.2, -0.15) is 0 Å². The van der Waals surface area contributed by atoms with E-state index in [1.807, 2.05) is 0 Å². The molecule has 0 saturated heterocycles. The maximum atomic E-state index is 5.68. The number of nitrogens with two attached hydrogens (primary N) is 1. The van der Waals surface area contributed by atoms with E-state index in [9.17, 15) is 0 Å². The average Bonchev–Trinajstić information content (AvgIpc) is 2.40. The van der Waals surface area contributed by atoms with Gasteiger partial charge in [0.15, 0.2) is 0 Å². The molecule has 0 rings (SSSR count). The van der Waals surface area contributed by atoms with Gasteiger partial charge < -0.3 is 0 Å². The molecule has 0 bridgehead atoms. The SMILES string of the molecule is CCC[CH2][Sn]([CH2]CCC)([CH2]CCC)[CH2]CCCN.[B]. The first-order chi connectivity index (χ1) is 8.74. The van der Waals surface area contributed by atoms with Crippen LogP contribution < -0.4 is 5.73 Å². The Labute approximate surface area is 128 Å². The van der Waals surface area contributed by atoms with Crippen molar-refractivity contribution in [1.29, 1.82) is 0 Å². The fraction of sp³-hybridized carbons (Fsp3) is 1.00. The van der Waals surface area contributed by atoms with Crippen molar-refractivity contribution in [3.8, 4) is 0 Å². The van der Waals surface area contributed by atoms with Gasteiger partial charge in [0.25, 0.3) is 0 Å². The molecule has 0 spiro atoms. The fourth-order valence-corrected chi connectivity index (χ4v) is 19.6. The quantitative estimate of drug-likeness (QED) is 0.349. The minimum Gasteiger partial charge on any atom is 0 e. The van der Waals surface area contributed by atoms with Crippen LogP contribution in [-0.2, 0) is 0 Å². The molecule has 0 aromatic rings. The molecule has 0 aromatic heterocycles. The van der Waals surface area contributed by atoms with Crippen molar-refractivity contribution in [2.24, 2.45) is 5.73 Å². The molecule has 0 atom stereocenters. The smallest absolute Gasteiger partial charge is 0 e. The van der Waals surface area contributed by atoms with Gasteiger partial charge >= 0.3 is 121 Å². The van der Waals surface area contributed by atoms with E-state index in [0.717, 1.165) is 6.54 Å². The first-order valence-corrected chi connectivity index (χ1v) is 16.5. The summed E-state index contributed by atoms with van der Waals surface area (Å²) in [4.78, 5) is 0. The summed E-state index contributed by atoms with van der Waals surface area (Å²) in [6.45, 7) is 7.97. The Kier molecular flexibility index (Phi) is 17.7. The molecule has 113 valence electrons. The molecule has 0 aromatic carbocycles. The summed E-state index contributed by atoms with van der Waals surface area (Å²) in [6, 6.07) is 0. The number of unbranched alkanes of at least 4 members (excludes halogenated alkanes) is 4. The minimum atomic E-state index is -1.77. The number of rotatable bonds is 13. The monoisotopic (exact) mass is 374 g/mol. The maximum Gasteiger partial charge on any atom is 0 e. The number of hydrogen-bond acceptors (Lipinski definition) is 1. The summed E-state index contributed by atoms with van der Waals surface area (Å²) in [5, 5.41) is 0. The summed E-state index contributed by atoms with van der Waals surface area (Å²) in [6.07, 6.45) is 11.4. The predicted molar refractivity (Wildman–Crippen MR) is 93.7 cm³/mol. The van der Waals surface area contributed by atoms with Crippen molar-refractivity contribution in [2.45, 2.75) is 89.9 Å². The van der Waals surface area contributed by atoms with Gasteiger partial charge in [-0.1, -0.05) is 0 Å². The van der Waals surface area contributed by atoms with Gasteiger partial charge in [0.2, 0.25) is 0 Å². The third-order valence-electron chi connectivity index (χ3n) is 4.34. The summed E-state index contributed by atoms with van der Waals surface area (Å²) in [5.41, 5.74) is 5.68. The molecule has 0 amide bonds. The van der Waals surface area contributed by atoms with Crippen LogP contribution in [0.4, 0.5) is 0 Å². The third-order valence-corrected chi connectivity index (χ3v) is 20.5. The zero-order valence-electron chi connectivity index (χ0n) is 13.8. The zero-order chi connectivity index (χ0) is 13.7. The second kappa shape index (κ2) is 15.2. The predicted octanol–water partition coefficient (Wildman–Crippen LogP) is 5.19. The first kappa shape index (κ1) is 22.1. The Morgan fingerprint density at radius 2 is 1.00 bits per heavy atom. The topological polar surface area (TPSA) is 26.0 Å². The van der Waals surface area contributed by atoms with Crippen molar-refractivity contribution < 1.29 is 0 Å². The van der Waals surface area contributed by atoms with Crippen LogP contribution in [-0.4, -0.2) is 33.3 Å². The third kappa shape index (κ3) is 11.2. The van der Waals surface area contributed by atoms with E-state index >= 15 is 0 Å². The van der Waals surface area contributed by atoms with Crippen molar-refractivity contribution in [3.05, 3.63) is 0 Å². The second-order valence-electron chi connectivity index (χ2n) is 6.06. The van der Waals surface area contributed by atoms with E-state index in [-0.39, 0.29) is 8.41 Å². The normalized spacial score (nSPS) is 11.4. The van der Waals surface area contributed by atoms with E-state index in [1.165, 1.54) is 51.4 Å². The van der Waals surface area contributed by atoms with Crippen LogP contribution in [0.15, 0.2) is 0 Å². The van der Waals surface area contributed by atoms with Crippen LogP contribution in [0.25, 0.3) is 0 Å². The van der Waals surface area contributed by atoms with Crippen molar-refractivity contribution in [2.75, 3.05) is 6.54 Å². The Bertz CT molecular complexity index is 154. The van der Waals surface area contributed by atoms with E-state index in [1.54, 1.807) is 17.7 Å². The van der Waals surface area contributed by atoms with Gasteiger partial charge in [0.1, 0.15) is 0 Å². The van der Waals surface area contributed by atoms with Crippen LogP contribution in [0.2, 0.25) is 17.7 Å². The summed E-state index contributed by atoms with van der Waals surface area (Å²) in [7, 11) is 0.